The third-order valence-corrected chi connectivity index (χ3v) is 8.12. The number of hydrogen-bond donors (Lipinski definition) is 0. The molecule has 0 N–H and O–H groups in total. The van der Waals surface area contributed by atoms with Gasteiger partial charge in [-0.1, -0.05) is 6.07 Å². The Hall–Kier alpha value is -2.98. The first kappa shape index (κ1) is 24.7. The van der Waals surface area contributed by atoms with E-state index in [0.29, 0.717) is 30.2 Å². The van der Waals surface area contributed by atoms with Crippen molar-refractivity contribution in [3.05, 3.63) is 53.7 Å². The zero-order valence-corrected chi connectivity index (χ0v) is 21.4. The number of likely N-dealkylation sites (tertiary alicyclic amines) is 1. The lowest BCUT2D eigenvalue weighted by atomic mass is 9.89. The number of aromatic nitrogens is 2. The van der Waals surface area contributed by atoms with Crippen LogP contribution in [0.5, 0.6) is 11.5 Å². The zero-order chi connectivity index (χ0) is 25.3. The summed E-state index contributed by atoms with van der Waals surface area (Å²) < 4.78 is 52.0. The predicted molar refractivity (Wildman–Crippen MR) is 137 cm³/mol. The van der Waals surface area contributed by atoms with Crippen LogP contribution in [0.4, 0.5) is 10.1 Å². The van der Waals surface area contributed by atoms with Crippen molar-refractivity contribution in [1.82, 2.24) is 14.9 Å². The second kappa shape index (κ2) is 10.2. The Balaban J connectivity index is 1.15. The van der Waals surface area contributed by atoms with Crippen molar-refractivity contribution in [2.24, 2.45) is 5.92 Å². The Morgan fingerprint density at radius 1 is 1.19 bits per heavy atom. The lowest BCUT2D eigenvalue weighted by Gasteiger charge is -2.33. The first-order chi connectivity index (χ1) is 17.3. The fourth-order valence-corrected chi connectivity index (χ4v) is 5.92. The van der Waals surface area contributed by atoms with E-state index >= 15 is 0 Å². The van der Waals surface area contributed by atoms with Crippen LogP contribution in [0.2, 0.25) is 0 Å². The van der Waals surface area contributed by atoms with Crippen LogP contribution in [0.1, 0.15) is 24.2 Å². The van der Waals surface area contributed by atoms with E-state index in [1.807, 2.05) is 25.1 Å². The van der Waals surface area contributed by atoms with Gasteiger partial charge in [0, 0.05) is 18.8 Å². The summed E-state index contributed by atoms with van der Waals surface area (Å²) in [5.41, 5.74) is 1.85. The highest BCUT2D eigenvalue weighted by Crippen LogP contribution is 2.37. The maximum Gasteiger partial charge on any atom is 0.232 e. The molecule has 1 fully saturated rings. The SMILES string of the molecule is Cc1ncc2c(OCCN3CCC(Cc4cc5c(cc4F)OCCN5S(C)(=O)=O)CC3)cccc2n1. The van der Waals surface area contributed by atoms with Crippen molar-refractivity contribution in [2.45, 2.75) is 26.2 Å². The second-order valence-electron chi connectivity index (χ2n) is 9.54. The topological polar surface area (TPSA) is 84.9 Å². The average Bonchev–Trinajstić information content (AvgIpc) is 2.84. The highest BCUT2D eigenvalue weighted by atomic mass is 32.2. The molecule has 36 heavy (non-hydrogen) atoms. The summed E-state index contributed by atoms with van der Waals surface area (Å²) in [5.74, 6) is 1.81. The summed E-state index contributed by atoms with van der Waals surface area (Å²) in [6.45, 7) is 5.53. The number of benzene rings is 2. The molecule has 0 radical (unpaired) electrons. The Morgan fingerprint density at radius 3 is 2.78 bits per heavy atom. The molecule has 8 nitrogen and oxygen atoms in total. The van der Waals surface area contributed by atoms with Gasteiger partial charge in [-0.2, -0.15) is 0 Å². The van der Waals surface area contributed by atoms with Gasteiger partial charge < -0.3 is 9.47 Å². The molecule has 0 spiro atoms. The van der Waals surface area contributed by atoms with E-state index in [9.17, 15) is 12.8 Å². The molecule has 3 aromatic rings. The number of sulfonamides is 1. The Labute approximate surface area is 211 Å². The summed E-state index contributed by atoms with van der Waals surface area (Å²) >= 11 is 0. The summed E-state index contributed by atoms with van der Waals surface area (Å²) in [4.78, 5) is 11.1. The molecule has 0 bridgehead atoms. The standard InChI is InChI=1S/C26H31FN4O4S/c1-18-28-17-21-23(29-18)4-3-5-25(21)34-12-10-30-8-6-19(7-9-30)14-20-15-24-26(16-22(20)27)35-13-11-31(24)36(2,32)33/h3-5,15-17,19H,6-14H2,1-2H3. The number of halogens is 1. The maximum absolute atomic E-state index is 14.8. The van der Waals surface area contributed by atoms with Crippen LogP contribution in [-0.2, 0) is 16.4 Å². The number of ether oxygens (including phenoxy) is 2. The van der Waals surface area contributed by atoms with Crippen molar-refractivity contribution in [1.29, 1.82) is 0 Å². The molecule has 5 rings (SSSR count). The molecule has 0 aliphatic carbocycles. The lowest BCUT2D eigenvalue weighted by molar-refractivity contribution is 0.155. The predicted octanol–water partition coefficient (Wildman–Crippen LogP) is 3.57. The smallest absolute Gasteiger partial charge is 0.232 e. The van der Waals surface area contributed by atoms with Gasteiger partial charge in [-0.15, -0.1) is 0 Å². The number of anilines is 1. The summed E-state index contributed by atoms with van der Waals surface area (Å²) in [5, 5.41) is 0.911. The molecule has 3 heterocycles. The molecule has 192 valence electrons. The Morgan fingerprint density at radius 2 is 2.00 bits per heavy atom. The molecular formula is C26H31FN4O4S. The number of aryl methyl sites for hydroxylation is 1. The highest BCUT2D eigenvalue weighted by Gasteiger charge is 2.28. The van der Waals surface area contributed by atoms with Gasteiger partial charge in [0.05, 0.1) is 29.4 Å². The second-order valence-corrected chi connectivity index (χ2v) is 11.4. The van der Waals surface area contributed by atoms with E-state index in [2.05, 4.69) is 14.9 Å². The van der Waals surface area contributed by atoms with E-state index in [4.69, 9.17) is 9.47 Å². The van der Waals surface area contributed by atoms with E-state index in [-0.39, 0.29) is 24.7 Å². The van der Waals surface area contributed by atoms with Crippen LogP contribution >= 0.6 is 0 Å². The molecule has 2 aromatic carbocycles. The largest absolute Gasteiger partial charge is 0.491 e. The Bertz CT molecular complexity index is 1360. The van der Waals surface area contributed by atoms with Gasteiger partial charge in [-0.25, -0.2) is 22.8 Å². The molecule has 0 unspecified atom stereocenters. The normalized spacial score (nSPS) is 17.1. The fraction of sp³-hybridized carbons (Fsp3) is 0.462. The minimum absolute atomic E-state index is 0.217. The highest BCUT2D eigenvalue weighted by molar-refractivity contribution is 7.92. The van der Waals surface area contributed by atoms with Gasteiger partial charge in [0.25, 0.3) is 0 Å². The van der Waals surface area contributed by atoms with Gasteiger partial charge in [-0.05, 0) is 69.0 Å². The monoisotopic (exact) mass is 514 g/mol. The number of piperidine rings is 1. The van der Waals surface area contributed by atoms with Crippen molar-refractivity contribution in [3.63, 3.8) is 0 Å². The summed E-state index contributed by atoms with van der Waals surface area (Å²) in [6.07, 6.45) is 5.45. The number of rotatable bonds is 7. The van der Waals surface area contributed by atoms with Crippen molar-refractivity contribution >= 4 is 26.6 Å². The van der Waals surface area contributed by atoms with E-state index in [1.165, 1.54) is 16.6 Å². The van der Waals surface area contributed by atoms with Crippen LogP contribution in [0.3, 0.4) is 0 Å². The van der Waals surface area contributed by atoms with Crippen LogP contribution in [0, 0.1) is 18.7 Å². The molecular weight excluding hydrogens is 483 g/mol. The Kier molecular flexibility index (Phi) is 6.98. The van der Waals surface area contributed by atoms with Gasteiger partial charge in [-0.3, -0.25) is 9.21 Å². The third-order valence-electron chi connectivity index (χ3n) is 6.94. The van der Waals surface area contributed by atoms with Crippen LogP contribution in [0.25, 0.3) is 10.9 Å². The number of fused-ring (bicyclic) bond motifs is 2. The van der Waals surface area contributed by atoms with Gasteiger partial charge in [0.1, 0.15) is 36.4 Å². The van der Waals surface area contributed by atoms with Crippen LogP contribution in [0.15, 0.2) is 36.5 Å². The molecule has 0 atom stereocenters. The molecule has 0 saturated carbocycles. The van der Waals surface area contributed by atoms with E-state index in [1.54, 1.807) is 12.3 Å². The third kappa shape index (κ3) is 5.39. The first-order valence-corrected chi connectivity index (χ1v) is 14.1. The molecule has 1 aromatic heterocycles. The number of nitrogens with zero attached hydrogens (tertiary/aromatic N) is 4. The van der Waals surface area contributed by atoms with E-state index < -0.39 is 10.0 Å². The molecule has 10 heteroatoms. The molecule has 0 amide bonds. The van der Waals surface area contributed by atoms with Crippen molar-refractivity contribution in [3.8, 4) is 11.5 Å². The van der Waals surface area contributed by atoms with Gasteiger partial charge >= 0.3 is 0 Å². The van der Waals surface area contributed by atoms with Gasteiger partial charge in [0.15, 0.2) is 0 Å². The molecule has 1 saturated heterocycles. The van der Waals surface area contributed by atoms with Gasteiger partial charge in [0.2, 0.25) is 10.0 Å². The number of hydrogen-bond acceptors (Lipinski definition) is 7. The summed E-state index contributed by atoms with van der Waals surface area (Å²) in [7, 11) is -3.45. The fourth-order valence-electron chi connectivity index (χ4n) is 5.01. The average molecular weight is 515 g/mol. The lowest BCUT2D eigenvalue weighted by Crippen LogP contribution is -2.38. The quantitative estimate of drug-likeness (QED) is 0.477. The zero-order valence-electron chi connectivity index (χ0n) is 20.6. The van der Waals surface area contributed by atoms with E-state index in [0.717, 1.165) is 55.0 Å². The summed E-state index contributed by atoms with van der Waals surface area (Å²) in [6, 6.07) is 8.82. The van der Waals surface area contributed by atoms with Crippen LogP contribution in [-0.4, -0.2) is 68.9 Å². The van der Waals surface area contributed by atoms with Crippen molar-refractivity contribution in [2.75, 3.05) is 50.0 Å². The maximum atomic E-state index is 14.8. The molecule has 2 aliphatic heterocycles. The minimum atomic E-state index is -3.45. The molecule has 2 aliphatic rings. The van der Waals surface area contributed by atoms with Crippen molar-refractivity contribution < 1.29 is 22.3 Å². The minimum Gasteiger partial charge on any atom is -0.491 e. The first-order valence-electron chi connectivity index (χ1n) is 12.3. The van der Waals surface area contributed by atoms with Crippen LogP contribution < -0.4 is 13.8 Å².